The Kier molecular flexibility index (Phi) is 6.57. The molecule has 0 bridgehead atoms. The summed E-state index contributed by atoms with van der Waals surface area (Å²) in [6, 6.07) is 4.14. The number of benzene rings is 1. The summed E-state index contributed by atoms with van der Waals surface area (Å²) in [6.45, 7) is 1.49. The Bertz CT molecular complexity index is 497. The van der Waals surface area contributed by atoms with Gasteiger partial charge in [-0.2, -0.15) is 0 Å². The molecule has 0 aliphatic carbocycles. The number of hydrogen-bond acceptors (Lipinski definition) is 4. The van der Waals surface area contributed by atoms with Crippen molar-refractivity contribution >= 4 is 35.1 Å². The monoisotopic (exact) mass is 319 g/mol. The van der Waals surface area contributed by atoms with Crippen molar-refractivity contribution < 1.29 is 14.3 Å². The summed E-state index contributed by atoms with van der Waals surface area (Å²) in [6.07, 6.45) is 0. The van der Waals surface area contributed by atoms with Crippen molar-refractivity contribution in [3.63, 3.8) is 0 Å². The average Bonchev–Trinajstić information content (AvgIpc) is 2.38. The molecule has 0 saturated carbocycles. The van der Waals surface area contributed by atoms with Gasteiger partial charge < -0.3 is 15.8 Å². The number of carbonyl (C=O) groups is 2. The van der Waals surface area contributed by atoms with Crippen LogP contribution in [0.3, 0.4) is 0 Å². The molecule has 3 amide bonds. The Morgan fingerprint density at radius 2 is 2.10 bits per heavy atom. The molecule has 0 aromatic heterocycles. The second kappa shape index (κ2) is 7.94. The van der Waals surface area contributed by atoms with Gasteiger partial charge in [0, 0.05) is 25.0 Å². The van der Waals surface area contributed by atoms with Gasteiger partial charge in [-0.25, -0.2) is 4.79 Å². The molecule has 8 heteroatoms. The van der Waals surface area contributed by atoms with Gasteiger partial charge in [0.25, 0.3) is 0 Å². The molecule has 1 aromatic carbocycles. The van der Waals surface area contributed by atoms with E-state index in [1.165, 1.54) is 13.0 Å². The number of urea groups is 1. The maximum absolute atomic E-state index is 11.7. The second-order valence-corrected chi connectivity index (χ2v) is 4.65. The normalized spacial score (nSPS) is 10.0. The third-order valence-corrected chi connectivity index (χ3v) is 2.85. The Morgan fingerprint density at radius 3 is 2.65 bits per heavy atom. The highest BCUT2D eigenvalue weighted by Crippen LogP contribution is 2.27. The number of imide groups is 1. The molecule has 0 fully saturated rings. The summed E-state index contributed by atoms with van der Waals surface area (Å²) in [7, 11) is 0. The van der Waals surface area contributed by atoms with E-state index >= 15 is 0 Å². The van der Waals surface area contributed by atoms with Crippen molar-refractivity contribution in [3.8, 4) is 5.75 Å². The van der Waals surface area contributed by atoms with Crippen molar-refractivity contribution in [2.75, 3.05) is 19.8 Å². The van der Waals surface area contributed by atoms with Crippen LogP contribution in [0.15, 0.2) is 18.2 Å². The molecule has 3 N–H and O–H groups in total. The van der Waals surface area contributed by atoms with Crippen LogP contribution in [0.2, 0.25) is 10.0 Å². The van der Waals surface area contributed by atoms with Crippen LogP contribution in [-0.4, -0.2) is 36.7 Å². The lowest BCUT2D eigenvalue weighted by molar-refractivity contribution is -0.125. The van der Waals surface area contributed by atoms with Gasteiger partial charge in [-0.15, -0.1) is 0 Å². The Morgan fingerprint density at radius 1 is 1.40 bits per heavy atom. The Balaban J connectivity index is 2.50. The SMILES string of the molecule is CC(=O)N(CCN)C(=O)NCOc1ccc(Cl)cc1Cl. The van der Waals surface area contributed by atoms with E-state index in [4.69, 9.17) is 33.7 Å². The van der Waals surface area contributed by atoms with Gasteiger partial charge in [-0.1, -0.05) is 23.2 Å². The highest BCUT2D eigenvalue weighted by molar-refractivity contribution is 6.35. The number of amides is 3. The fraction of sp³-hybridized carbons (Fsp3) is 0.333. The first-order chi connectivity index (χ1) is 9.45. The molecule has 0 aliphatic rings. The van der Waals surface area contributed by atoms with Crippen LogP contribution in [0, 0.1) is 0 Å². The van der Waals surface area contributed by atoms with E-state index in [-0.39, 0.29) is 19.8 Å². The van der Waals surface area contributed by atoms with Gasteiger partial charge in [0.15, 0.2) is 6.73 Å². The minimum absolute atomic E-state index is 0.130. The number of hydrogen-bond donors (Lipinski definition) is 2. The molecule has 0 saturated heterocycles. The fourth-order valence-corrected chi connectivity index (χ4v) is 1.86. The predicted octanol–water partition coefficient (Wildman–Crippen LogP) is 1.85. The summed E-state index contributed by atoms with van der Waals surface area (Å²) >= 11 is 11.7. The first kappa shape index (κ1) is 16.6. The van der Waals surface area contributed by atoms with Crippen LogP contribution in [0.4, 0.5) is 4.79 Å². The maximum atomic E-state index is 11.7. The highest BCUT2D eigenvalue weighted by atomic mass is 35.5. The van der Waals surface area contributed by atoms with Gasteiger partial charge in [0.2, 0.25) is 5.91 Å². The number of nitrogens with zero attached hydrogens (tertiary/aromatic N) is 1. The van der Waals surface area contributed by atoms with E-state index in [1.807, 2.05) is 0 Å². The lowest BCUT2D eigenvalue weighted by atomic mass is 10.3. The van der Waals surface area contributed by atoms with Crippen molar-refractivity contribution in [3.05, 3.63) is 28.2 Å². The average molecular weight is 320 g/mol. The molecule has 0 heterocycles. The van der Waals surface area contributed by atoms with E-state index in [2.05, 4.69) is 5.32 Å². The number of carbonyl (C=O) groups excluding carboxylic acids is 2. The van der Waals surface area contributed by atoms with Crippen LogP contribution in [0.25, 0.3) is 0 Å². The Labute approximate surface area is 126 Å². The summed E-state index contributed by atoms with van der Waals surface area (Å²) in [5, 5.41) is 3.25. The zero-order valence-electron chi connectivity index (χ0n) is 10.9. The molecular formula is C12H15Cl2N3O3. The van der Waals surface area contributed by atoms with Gasteiger partial charge >= 0.3 is 6.03 Å². The topological polar surface area (TPSA) is 84.7 Å². The van der Waals surface area contributed by atoms with E-state index in [0.29, 0.717) is 15.8 Å². The number of rotatable bonds is 5. The van der Waals surface area contributed by atoms with Crippen molar-refractivity contribution in [1.82, 2.24) is 10.2 Å². The zero-order valence-corrected chi connectivity index (χ0v) is 12.4. The predicted molar refractivity (Wildman–Crippen MR) is 76.9 cm³/mol. The summed E-state index contributed by atoms with van der Waals surface area (Å²) < 4.78 is 5.28. The number of ether oxygens (including phenoxy) is 1. The second-order valence-electron chi connectivity index (χ2n) is 3.80. The van der Waals surface area contributed by atoms with Crippen molar-refractivity contribution in [2.24, 2.45) is 5.73 Å². The lowest BCUT2D eigenvalue weighted by Crippen LogP contribution is -2.46. The molecule has 0 spiro atoms. The molecule has 110 valence electrons. The standard InChI is InChI=1S/C12H15Cl2N3O3/c1-8(18)17(5-4-15)12(19)16-7-20-11-3-2-9(13)6-10(11)14/h2-3,6H,4-5,7,15H2,1H3,(H,16,19). The third kappa shape index (κ3) is 4.88. The van der Waals surface area contributed by atoms with E-state index in [0.717, 1.165) is 4.90 Å². The van der Waals surface area contributed by atoms with Gasteiger partial charge in [0.1, 0.15) is 5.75 Å². The van der Waals surface area contributed by atoms with Crippen LogP contribution in [0.5, 0.6) is 5.75 Å². The number of halogens is 2. The van der Waals surface area contributed by atoms with Crippen LogP contribution in [-0.2, 0) is 4.79 Å². The van der Waals surface area contributed by atoms with Crippen LogP contribution >= 0.6 is 23.2 Å². The molecule has 1 aromatic rings. The zero-order chi connectivity index (χ0) is 15.1. The quantitative estimate of drug-likeness (QED) is 0.811. The minimum atomic E-state index is -0.576. The molecular weight excluding hydrogens is 305 g/mol. The highest BCUT2D eigenvalue weighted by Gasteiger charge is 2.16. The minimum Gasteiger partial charge on any atom is -0.472 e. The molecule has 6 nitrogen and oxygen atoms in total. The largest absolute Gasteiger partial charge is 0.472 e. The fourth-order valence-electron chi connectivity index (χ4n) is 1.39. The summed E-state index contributed by atoms with van der Waals surface area (Å²) in [4.78, 5) is 23.9. The van der Waals surface area contributed by atoms with Crippen molar-refractivity contribution in [1.29, 1.82) is 0 Å². The smallest absolute Gasteiger partial charge is 0.326 e. The van der Waals surface area contributed by atoms with Crippen molar-refractivity contribution in [2.45, 2.75) is 6.92 Å². The first-order valence-electron chi connectivity index (χ1n) is 5.79. The van der Waals surface area contributed by atoms with Crippen LogP contribution < -0.4 is 15.8 Å². The van der Waals surface area contributed by atoms with E-state index in [9.17, 15) is 9.59 Å². The molecule has 0 atom stereocenters. The van der Waals surface area contributed by atoms with Gasteiger partial charge in [-0.05, 0) is 18.2 Å². The van der Waals surface area contributed by atoms with Crippen LogP contribution in [0.1, 0.15) is 6.92 Å². The summed E-state index contributed by atoms with van der Waals surface area (Å²) in [5.74, 6) is -0.0120. The maximum Gasteiger partial charge on any atom is 0.326 e. The molecule has 0 aliphatic heterocycles. The molecule has 0 unspecified atom stereocenters. The van der Waals surface area contributed by atoms with E-state index < -0.39 is 11.9 Å². The number of nitrogens with two attached hydrogens (primary N) is 1. The molecule has 20 heavy (non-hydrogen) atoms. The number of nitrogens with one attached hydrogen (secondary N) is 1. The lowest BCUT2D eigenvalue weighted by Gasteiger charge is -2.19. The van der Waals surface area contributed by atoms with E-state index in [1.54, 1.807) is 12.1 Å². The van der Waals surface area contributed by atoms with Gasteiger partial charge in [0.05, 0.1) is 5.02 Å². The first-order valence-corrected chi connectivity index (χ1v) is 6.55. The third-order valence-electron chi connectivity index (χ3n) is 2.32. The Hall–Kier alpha value is -1.50. The summed E-state index contributed by atoms with van der Waals surface area (Å²) in [5.41, 5.74) is 5.32. The molecule has 1 rings (SSSR count). The molecule has 0 radical (unpaired) electrons. The van der Waals surface area contributed by atoms with Gasteiger partial charge in [-0.3, -0.25) is 9.69 Å².